The smallest absolute Gasteiger partial charge is 0.223 e. The number of thiophene rings is 1. The van der Waals surface area contributed by atoms with Gasteiger partial charge in [0.2, 0.25) is 5.91 Å². The van der Waals surface area contributed by atoms with Crippen molar-refractivity contribution in [1.82, 2.24) is 14.7 Å². The van der Waals surface area contributed by atoms with Gasteiger partial charge < -0.3 is 4.90 Å². The highest BCUT2D eigenvalue weighted by molar-refractivity contribution is 7.07. The molecule has 0 aliphatic carbocycles. The molecule has 1 saturated heterocycles. The van der Waals surface area contributed by atoms with E-state index in [1.807, 2.05) is 16.9 Å². The number of piperidine rings is 1. The SMILES string of the molecule is O=C(CCc1ccsc1)N1CCCC[C@@H]1Cn1cccn1. The number of carbonyl (C=O) groups excluding carboxylic acids is 1. The van der Waals surface area contributed by atoms with Crippen LogP contribution in [0.2, 0.25) is 0 Å². The minimum Gasteiger partial charge on any atom is -0.338 e. The van der Waals surface area contributed by atoms with Crippen LogP contribution in [0.25, 0.3) is 0 Å². The molecule has 3 rings (SSSR count). The largest absolute Gasteiger partial charge is 0.338 e. The summed E-state index contributed by atoms with van der Waals surface area (Å²) in [5, 5.41) is 8.47. The van der Waals surface area contributed by atoms with E-state index in [0.29, 0.717) is 12.5 Å². The molecule has 1 amide bonds. The fourth-order valence-electron chi connectivity index (χ4n) is 2.97. The molecular weight excluding hydrogens is 282 g/mol. The number of amides is 1. The molecule has 5 heteroatoms. The van der Waals surface area contributed by atoms with Crippen molar-refractivity contribution in [2.75, 3.05) is 6.54 Å². The number of aromatic nitrogens is 2. The average molecular weight is 303 g/mol. The number of rotatable bonds is 5. The number of likely N-dealkylation sites (tertiary alicyclic amines) is 1. The Morgan fingerprint density at radius 3 is 3.14 bits per heavy atom. The summed E-state index contributed by atoms with van der Waals surface area (Å²) in [4.78, 5) is 14.6. The maximum atomic E-state index is 12.5. The predicted molar refractivity (Wildman–Crippen MR) is 84.2 cm³/mol. The molecule has 3 heterocycles. The Kier molecular flexibility index (Phi) is 4.70. The van der Waals surface area contributed by atoms with Crippen LogP contribution in [0.5, 0.6) is 0 Å². The molecule has 0 spiro atoms. The summed E-state index contributed by atoms with van der Waals surface area (Å²) in [5.74, 6) is 0.290. The van der Waals surface area contributed by atoms with Crippen LogP contribution in [0.15, 0.2) is 35.3 Å². The first-order valence-electron chi connectivity index (χ1n) is 7.61. The second kappa shape index (κ2) is 6.89. The Balaban J connectivity index is 1.58. The van der Waals surface area contributed by atoms with Gasteiger partial charge in [0.05, 0.1) is 12.6 Å². The number of aryl methyl sites for hydroxylation is 1. The van der Waals surface area contributed by atoms with Crippen LogP contribution in [0.4, 0.5) is 0 Å². The van der Waals surface area contributed by atoms with Gasteiger partial charge in [-0.2, -0.15) is 16.4 Å². The fourth-order valence-corrected chi connectivity index (χ4v) is 3.68. The summed E-state index contributed by atoms with van der Waals surface area (Å²) in [6, 6.07) is 4.34. The van der Waals surface area contributed by atoms with Gasteiger partial charge in [0.15, 0.2) is 0 Å². The van der Waals surface area contributed by atoms with E-state index in [1.165, 1.54) is 12.0 Å². The average Bonchev–Trinajstić information content (AvgIpc) is 3.18. The van der Waals surface area contributed by atoms with Gasteiger partial charge in [0.1, 0.15) is 0 Å². The lowest BCUT2D eigenvalue weighted by molar-refractivity contribution is -0.135. The maximum Gasteiger partial charge on any atom is 0.223 e. The molecule has 2 aromatic heterocycles. The summed E-state index contributed by atoms with van der Waals surface area (Å²) in [6.07, 6.45) is 8.66. The van der Waals surface area contributed by atoms with E-state index in [2.05, 4.69) is 26.8 Å². The summed E-state index contributed by atoms with van der Waals surface area (Å²) in [6.45, 7) is 1.71. The molecule has 2 aromatic rings. The van der Waals surface area contributed by atoms with E-state index in [1.54, 1.807) is 17.5 Å². The molecule has 0 aromatic carbocycles. The predicted octanol–water partition coefficient (Wildman–Crippen LogP) is 2.96. The van der Waals surface area contributed by atoms with E-state index in [-0.39, 0.29) is 5.91 Å². The molecule has 0 radical (unpaired) electrons. The first-order valence-corrected chi connectivity index (χ1v) is 8.55. The van der Waals surface area contributed by atoms with Crippen LogP contribution in [0.3, 0.4) is 0 Å². The molecule has 21 heavy (non-hydrogen) atoms. The molecule has 1 aliphatic heterocycles. The summed E-state index contributed by atoms with van der Waals surface area (Å²) >= 11 is 1.69. The van der Waals surface area contributed by atoms with Gasteiger partial charge in [-0.3, -0.25) is 9.48 Å². The fraction of sp³-hybridized carbons (Fsp3) is 0.500. The molecule has 1 aliphatic rings. The lowest BCUT2D eigenvalue weighted by Crippen LogP contribution is -2.46. The molecule has 112 valence electrons. The lowest BCUT2D eigenvalue weighted by atomic mass is 10.0. The second-order valence-corrected chi connectivity index (χ2v) is 6.38. The first kappa shape index (κ1) is 14.3. The third-order valence-corrected chi connectivity index (χ3v) is 4.84. The van der Waals surface area contributed by atoms with Gasteiger partial charge in [-0.05, 0) is 54.1 Å². The highest BCUT2D eigenvalue weighted by Gasteiger charge is 2.26. The summed E-state index contributed by atoms with van der Waals surface area (Å²) < 4.78 is 1.94. The van der Waals surface area contributed by atoms with Crippen LogP contribution in [-0.4, -0.2) is 33.2 Å². The van der Waals surface area contributed by atoms with Crippen molar-refractivity contribution in [3.63, 3.8) is 0 Å². The minimum atomic E-state index is 0.290. The van der Waals surface area contributed by atoms with Crippen molar-refractivity contribution in [1.29, 1.82) is 0 Å². The summed E-state index contributed by atoms with van der Waals surface area (Å²) in [7, 11) is 0. The molecule has 1 atom stereocenters. The Bertz CT molecular complexity index is 550. The van der Waals surface area contributed by atoms with Crippen LogP contribution in [0, 0.1) is 0 Å². The highest BCUT2D eigenvalue weighted by Crippen LogP contribution is 2.20. The van der Waals surface area contributed by atoms with Crippen LogP contribution in [0.1, 0.15) is 31.2 Å². The quantitative estimate of drug-likeness (QED) is 0.851. The molecule has 1 fully saturated rings. The first-order chi connectivity index (χ1) is 10.3. The van der Waals surface area contributed by atoms with Crippen LogP contribution in [-0.2, 0) is 17.8 Å². The van der Waals surface area contributed by atoms with E-state index in [0.717, 1.165) is 32.4 Å². The van der Waals surface area contributed by atoms with Gasteiger partial charge >= 0.3 is 0 Å². The van der Waals surface area contributed by atoms with Crippen molar-refractivity contribution in [2.24, 2.45) is 0 Å². The molecule has 0 saturated carbocycles. The highest BCUT2D eigenvalue weighted by atomic mass is 32.1. The molecule has 0 unspecified atom stereocenters. The zero-order valence-electron chi connectivity index (χ0n) is 12.1. The van der Waals surface area contributed by atoms with Gasteiger partial charge in [0.25, 0.3) is 0 Å². The monoisotopic (exact) mass is 303 g/mol. The standard InChI is InChI=1S/C16H21N3OS/c20-16(6-5-14-7-11-21-13-14)19-10-2-1-4-15(19)12-18-9-3-8-17-18/h3,7-9,11,13,15H,1-2,4-6,10,12H2/t15-/m1/s1. The van der Waals surface area contributed by atoms with Crippen molar-refractivity contribution in [3.8, 4) is 0 Å². The normalized spacial score (nSPS) is 18.9. The van der Waals surface area contributed by atoms with Crippen molar-refractivity contribution >= 4 is 17.2 Å². The molecule has 4 nitrogen and oxygen atoms in total. The Morgan fingerprint density at radius 2 is 2.38 bits per heavy atom. The zero-order chi connectivity index (χ0) is 14.5. The Labute approximate surface area is 129 Å². The van der Waals surface area contributed by atoms with E-state index in [4.69, 9.17) is 0 Å². The molecular formula is C16H21N3OS. The third kappa shape index (κ3) is 3.73. The van der Waals surface area contributed by atoms with Gasteiger partial charge in [-0.15, -0.1) is 0 Å². The number of nitrogens with zero attached hydrogens (tertiary/aromatic N) is 3. The number of carbonyl (C=O) groups is 1. The van der Waals surface area contributed by atoms with Gasteiger partial charge in [-0.25, -0.2) is 0 Å². The zero-order valence-corrected chi connectivity index (χ0v) is 13.0. The van der Waals surface area contributed by atoms with E-state index >= 15 is 0 Å². The minimum absolute atomic E-state index is 0.290. The topological polar surface area (TPSA) is 38.1 Å². The number of hydrogen-bond donors (Lipinski definition) is 0. The maximum absolute atomic E-state index is 12.5. The van der Waals surface area contributed by atoms with Crippen molar-refractivity contribution in [3.05, 3.63) is 40.8 Å². The van der Waals surface area contributed by atoms with Crippen LogP contribution >= 0.6 is 11.3 Å². The molecule has 0 N–H and O–H groups in total. The molecule has 0 bridgehead atoms. The van der Waals surface area contributed by atoms with Gasteiger partial charge in [-0.1, -0.05) is 0 Å². The van der Waals surface area contributed by atoms with Gasteiger partial charge in [0, 0.05) is 25.4 Å². The number of hydrogen-bond acceptors (Lipinski definition) is 3. The van der Waals surface area contributed by atoms with Crippen molar-refractivity contribution < 1.29 is 4.79 Å². The van der Waals surface area contributed by atoms with E-state index in [9.17, 15) is 4.79 Å². The third-order valence-electron chi connectivity index (χ3n) is 4.11. The second-order valence-electron chi connectivity index (χ2n) is 5.60. The van der Waals surface area contributed by atoms with E-state index < -0.39 is 0 Å². The Hall–Kier alpha value is -1.62. The summed E-state index contributed by atoms with van der Waals surface area (Å²) in [5.41, 5.74) is 1.27. The lowest BCUT2D eigenvalue weighted by Gasteiger charge is -2.36. The van der Waals surface area contributed by atoms with Crippen LogP contribution < -0.4 is 0 Å². The van der Waals surface area contributed by atoms with Crippen molar-refractivity contribution in [2.45, 2.75) is 44.7 Å². The Morgan fingerprint density at radius 1 is 1.43 bits per heavy atom.